The highest BCUT2D eigenvalue weighted by molar-refractivity contribution is 5.77. The average molecular weight is 470 g/mol. The molecule has 0 N–H and O–H groups in total. The lowest BCUT2D eigenvalue weighted by Gasteiger charge is -2.15. The second kappa shape index (κ2) is 17.7. The molecule has 0 atom stereocenters. The molecule has 0 aliphatic heterocycles. The van der Waals surface area contributed by atoms with Crippen LogP contribution in [0.15, 0.2) is 29.1 Å². The Morgan fingerprint density at radius 3 is 1.82 bits per heavy atom. The number of fused-ring (bicyclic) bond motifs is 1. The fourth-order valence-corrected chi connectivity index (χ4v) is 4.83. The fraction of sp³-hybridized carbons (Fsp3) is 0.733. The molecular weight excluding hydrogens is 418 g/mol. The Kier molecular flexibility index (Phi) is 14.9. The predicted octanol–water partition coefficient (Wildman–Crippen LogP) is 7.76. The molecule has 1 heterocycles. The van der Waals surface area contributed by atoms with Gasteiger partial charge >= 0.3 is 0 Å². The topological polar surface area (TPSA) is 38.1 Å². The predicted molar refractivity (Wildman–Crippen MR) is 148 cm³/mol. The van der Waals surface area contributed by atoms with Crippen molar-refractivity contribution in [2.24, 2.45) is 0 Å². The first kappa shape index (κ1) is 28.6. The molecule has 0 saturated carbocycles. The zero-order chi connectivity index (χ0) is 24.4. The third-order valence-electron chi connectivity index (χ3n) is 6.93. The molecule has 1 aromatic carbocycles. The summed E-state index contributed by atoms with van der Waals surface area (Å²) in [6.45, 7) is 4.02. The highest BCUT2D eigenvalue weighted by Gasteiger charge is 2.10. The Morgan fingerprint density at radius 2 is 1.26 bits per heavy atom. The molecule has 4 nitrogen and oxygen atoms in total. The molecule has 2 aromatic rings. The first-order chi connectivity index (χ1) is 16.6. The maximum atomic E-state index is 13.1. The van der Waals surface area contributed by atoms with Gasteiger partial charge in [0.15, 0.2) is 0 Å². The molecule has 0 aliphatic carbocycles. The summed E-state index contributed by atoms with van der Waals surface area (Å²) in [6.07, 6.45) is 22.4. The van der Waals surface area contributed by atoms with Crippen molar-refractivity contribution in [1.29, 1.82) is 0 Å². The number of rotatable bonds is 20. The molecule has 1 aromatic heterocycles. The van der Waals surface area contributed by atoms with Crippen LogP contribution in [-0.2, 0) is 13.0 Å². The smallest absolute Gasteiger partial charge is 0.261 e. The summed E-state index contributed by atoms with van der Waals surface area (Å²) in [7, 11) is 4.16. The summed E-state index contributed by atoms with van der Waals surface area (Å²) in [5, 5.41) is 0.743. The van der Waals surface area contributed by atoms with Crippen molar-refractivity contribution in [1.82, 2.24) is 14.5 Å². The summed E-state index contributed by atoms with van der Waals surface area (Å²) >= 11 is 0. The van der Waals surface area contributed by atoms with E-state index in [1.54, 1.807) is 0 Å². The molecule has 34 heavy (non-hydrogen) atoms. The van der Waals surface area contributed by atoms with E-state index in [-0.39, 0.29) is 5.56 Å². The van der Waals surface area contributed by atoms with Crippen LogP contribution < -0.4 is 5.56 Å². The van der Waals surface area contributed by atoms with E-state index >= 15 is 0 Å². The normalized spacial score (nSPS) is 11.6. The standard InChI is InChI=1S/C30H51N3O/c1-4-5-6-7-8-9-10-11-12-13-14-15-16-17-18-24-29-31-28-23-20-19-22-27(28)30(34)33(29)26-21-25-32(2)3/h19-20,22-23H,4-18,21,24-26H2,1-3H3. The Morgan fingerprint density at radius 1 is 0.735 bits per heavy atom. The molecule has 0 bridgehead atoms. The van der Waals surface area contributed by atoms with Crippen LogP contribution >= 0.6 is 0 Å². The average Bonchev–Trinajstić information content (AvgIpc) is 2.83. The van der Waals surface area contributed by atoms with Crippen molar-refractivity contribution in [3.05, 3.63) is 40.4 Å². The third-order valence-corrected chi connectivity index (χ3v) is 6.93. The fourth-order valence-electron chi connectivity index (χ4n) is 4.83. The SMILES string of the molecule is CCCCCCCCCCCCCCCCCc1nc2ccccc2c(=O)n1CCCN(C)C. The number of unbranched alkanes of at least 4 members (excludes halogenated alkanes) is 14. The van der Waals surface area contributed by atoms with E-state index in [1.807, 2.05) is 28.8 Å². The Hall–Kier alpha value is -1.68. The number of hydrogen-bond donors (Lipinski definition) is 0. The quantitative estimate of drug-likeness (QED) is 0.186. The Labute approximate surface area is 209 Å². The van der Waals surface area contributed by atoms with Crippen molar-refractivity contribution in [3.63, 3.8) is 0 Å². The molecule has 0 radical (unpaired) electrons. The van der Waals surface area contributed by atoms with Crippen molar-refractivity contribution in [2.75, 3.05) is 20.6 Å². The van der Waals surface area contributed by atoms with E-state index in [2.05, 4.69) is 25.9 Å². The van der Waals surface area contributed by atoms with Gasteiger partial charge in [-0.2, -0.15) is 0 Å². The van der Waals surface area contributed by atoms with Crippen LogP contribution in [0.1, 0.15) is 115 Å². The van der Waals surface area contributed by atoms with Gasteiger partial charge in [-0.1, -0.05) is 109 Å². The van der Waals surface area contributed by atoms with E-state index in [0.717, 1.165) is 49.1 Å². The molecule has 2 rings (SSSR count). The van der Waals surface area contributed by atoms with Gasteiger partial charge in [-0.15, -0.1) is 0 Å². The Bertz CT molecular complexity index is 843. The van der Waals surface area contributed by atoms with Crippen LogP contribution in [0.2, 0.25) is 0 Å². The van der Waals surface area contributed by atoms with Crippen molar-refractivity contribution < 1.29 is 0 Å². The lowest BCUT2D eigenvalue weighted by atomic mass is 10.0. The minimum absolute atomic E-state index is 0.125. The maximum absolute atomic E-state index is 13.1. The van der Waals surface area contributed by atoms with Crippen LogP contribution in [-0.4, -0.2) is 35.1 Å². The Balaban J connectivity index is 1.64. The summed E-state index contributed by atoms with van der Waals surface area (Å²) in [4.78, 5) is 20.2. The summed E-state index contributed by atoms with van der Waals surface area (Å²) in [5.41, 5.74) is 0.965. The highest BCUT2D eigenvalue weighted by Crippen LogP contribution is 2.15. The molecule has 0 aliphatic rings. The van der Waals surface area contributed by atoms with Gasteiger partial charge < -0.3 is 4.90 Å². The van der Waals surface area contributed by atoms with E-state index in [9.17, 15) is 4.79 Å². The molecule has 0 fully saturated rings. The van der Waals surface area contributed by atoms with Crippen LogP contribution in [0.3, 0.4) is 0 Å². The number of aryl methyl sites for hydroxylation is 1. The van der Waals surface area contributed by atoms with Gasteiger partial charge in [-0.3, -0.25) is 9.36 Å². The summed E-state index contributed by atoms with van der Waals surface area (Å²) < 4.78 is 1.94. The van der Waals surface area contributed by atoms with Gasteiger partial charge in [0.2, 0.25) is 0 Å². The number of benzene rings is 1. The van der Waals surface area contributed by atoms with Crippen LogP contribution in [0, 0.1) is 0 Å². The molecule has 4 heteroatoms. The van der Waals surface area contributed by atoms with Gasteiger partial charge in [0, 0.05) is 13.0 Å². The highest BCUT2D eigenvalue weighted by atomic mass is 16.1. The molecular formula is C30H51N3O. The monoisotopic (exact) mass is 469 g/mol. The first-order valence-corrected chi connectivity index (χ1v) is 14.3. The second-order valence-electron chi connectivity index (χ2n) is 10.4. The van der Waals surface area contributed by atoms with Gasteiger partial charge in [0.1, 0.15) is 5.82 Å². The zero-order valence-electron chi connectivity index (χ0n) is 22.5. The zero-order valence-corrected chi connectivity index (χ0v) is 22.5. The van der Waals surface area contributed by atoms with Crippen LogP contribution in [0.4, 0.5) is 0 Å². The van der Waals surface area contributed by atoms with Gasteiger partial charge in [-0.25, -0.2) is 4.98 Å². The summed E-state index contributed by atoms with van der Waals surface area (Å²) in [6, 6.07) is 7.79. The molecule has 0 unspecified atom stereocenters. The molecule has 0 spiro atoms. The van der Waals surface area contributed by atoms with Crippen LogP contribution in [0.25, 0.3) is 10.9 Å². The number of para-hydroxylation sites is 1. The minimum Gasteiger partial charge on any atom is -0.309 e. The number of hydrogen-bond acceptors (Lipinski definition) is 3. The van der Waals surface area contributed by atoms with Crippen molar-refractivity contribution in [2.45, 2.75) is 123 Å². The molecule has 0 saturated heterocycles. The van der Waals surface area contributed by atoms with E-state index in [1.165, 1.54) is 89.9 Å². The van der Waals surface area contributed by atoms with Gasteiger partial charge in [0.05, 0.1) is 10.9 Å². The largest absolute Gasteiger partial charge is 0.309 e. The van der Waals surface area contributed by atoms with E-state index in [0.29, 0.717) is 0 Å². The lowest BCUT2D eigenvalue weighted by molar-refractivity contribution is 0.382. The second-order valence-corrected chi connectivity index (χ2v) is 10.4. The van der Waals surface area contributed by atoms with Gasteiger partial charge in [-0.05, 0) is 45.6 Å². The lowest BCUT2D eigenvalue weighted by Crippen LogP contribution is -2.27. The minimum atomic E-state index is 0.125. The first-order valence-electron chi connectivity index (χ1n) is 14.3. The van der Waals surface area contributed by atoms with Gasteiger partial charge in [0.25, 0.3) is 5.56 Å². The van der Waals surface area contributed by atoms with Crippen LogP contribution in [0.5, 0.6) is 0 Å². The van der Waals surface area contributed by atoms with Crippen molar-refractivity contribution >= 4 is 10.9 Å². The van der Waals surface area contributed by atoms with E-state index in [4.69, 9.17) is 4.98 Å². The summed E-state index contributed by atoms with van der Waals surface area (Å²) in [5.74, 6) is 0.970. The number of aromatic nitrogens is 2. The maximum Gasteiger partial charge on any atom is 0.261 e. The molecule has 0 amide bonds. The third kappa shape index (κ3) is 11.2. The number of nitrogens with zero attached hydrogens (tertiary/aromatic N) is 3. The van der Waals surface area contributed by atoms with Crippen molar-refractivity contribution in [3.8, 4) is 0 Å². The van der Waals surface area contributed by atoms with E-state index < -0.39 is 0 Å². The molecule has 192 valence electrons.